The lowest BCUT2D eigenvalue weighted by Gasteiger charge is -2.32. The summed E-state index contributed by atoms with van der Waals surface area (Å²) < 4.78 is 5.36. The van der Waals surface area contributed by atoms with Crippen LogP contribution in [0.15, 0.2) is 12.1 Å². The molecule has 1 unspecified atom stereocenters. The van der Waals surface area contributed by atoms with Crippen LogP contribution in [-0.4, -0.2) is 60.2 Å². The molecule has 2 saturated heterocycles. The zero-order chi connectivity index (χ0) is 14.8. The van der Waals surface area contributed by atoms with Gasteiger partial charge in [0.25, 0.3) is 0 Å². The number of morpholine rings is 1. The minimum Gasteiger partial charge on any atom is -0.384 e. The predicted octanol–water partition coefficient (Wildman–Crippen LogP) is 0.483. The highest BCUT2D eigenvalue weighted by atomic mass is 16.6. The lowest BCUT2D eigenvalue weighted by Crippen LogP contribution is -2.44. The number of nitrogen functional groups attached to an aromatic ring is 1. The molecule has 0 spiro atoms. The van der Waals surface area contributed by atoms with Gasteiger partial charge >= 0.3 is 5.69 Å². The van der Waals surface area contributed by atoms with Gasteiger partial charge in [-0.3, -0.25) is 15.0 Å². The summed E-state index contributed by atoms with van der Waals surface area (Å²) in [5.74, 6) is 0.696. The van der Waals surface area contributed by atoms with E-state index in [4.69, 9.17) is 10.5 Å². The van der Waals surface area contributed by atoms with Crippen LogP contribution < -0.4 is 10.6 Å². The van der Waals surface area contributed by atoms with Crippen molar-refractivity contribution in [1.29, 1.82) is 0 Å². The standard InChI is InChI=1S/C13H19N5O3/c14-12-2-1-11(18(19)20)13(15-12)17-4-3-10(9-17)16-5-7-21-8-6-16/h1-2,10H,3-9H2,(H2,14,15). The SMILES string of the molecule is Nc1ccc([N+](=O)[O-])c(N2CCC(N3CCOCC3)C2)n1. The van der Waals surface area contributed by atoms with Gasteiger partial charge in [0.05, 0.1) is 18.1 Å². The van der Waals surface area contributed by atoms with Crippen LogP contribution in [-0.2, 0) is 4.74 Å². The Bertz CT molecular complexity index is 533. The highest BCUT2D eigenvalue weighted by molar-refractivity contribution is 5.61. The van der Waals surface area contributed by atoms with Gasteiger partial charge in [-0.05, 0) is 12.5 Å². The van der Waals surface area contributed by atoms with E-state index in [1.807, 2.05) is 4.90 Å². The number of ether oxygens (including phenoxy) is 1. The van der Waals surface area contributed by atoms with Gasteiger partial charge in [0.1, 0.15) is 5.82 Å². The average molecular weight is 293 g/mol. The normalized spacial score (nSPS) is 23.4. The number of hydrogen-bond donors (Lipinski definition) is 1. The van der Waals surface area contributed by atoms with Crippen LogP contribution in [0.3, 0.4) is 0 Å². The first kappa shape index (κ1) is 14.0. The molecule has 2 N–H and O–H groups in total. The summed E-state index contributed by atoms with van der Waals surface area (Å²) in [6, 6.07) is 3.30. The zero-order valence-electron chi connectivity index (χ0n) is 11.8. The largest absolute Gasteiger partial charge is 0.384 e. The van der Waals surface area contributed by atoms with Crippen molar-refractivity contribution in [2.24, 2.45) is 0 Å². The van der Waals surface area contributed by atoms with E-state index >= 15 is 0 Å². The summed E-state index contributed by atoms with van der Waals surface area (Å²) in [4.78, 5) is 19.3. The number of nitrogens with two attached hydrogens (primary N) is 1. The quantitative estimate of drug-likeness (QED) is 0.639. The molecule has 2 aliphatic rings. The van der Waals surface area contributed by atoms with E-state index in [0.29, 0.717) is 17.7 Å². The maximum Gasteiger partial charge on any atom is 0.311 e. The Balaban J connectivity index is 1.76. The number of pyridine rings is 1. The third-order valence-corrected chi connectivity index (χ3v) is 4.10. The maximum atomic E-state index is 11.1. The molecule has 114 valence electrons. The smallest absolute Gasteiger partial charge is 0.311 e. The number of rotatable bonds is 3. The molecule has 0 aliphatic carbocycles. The second-order valence-corrected chi connectivity index (χ2v) is 5.37. The van der Waals surface area contributed by atoms with Gasteiger partial charge in [0.15, 0.2) is 0 Å². The Morgan fingerprint density at radius 1 is 1.33 bits per heavy atom. The molecule has 0 radical (unpaired) electrons. The minimum absolute atomic E-state index is 0.0202. The molecule has 3 rings (SSSR count). The van der Waals surface area contributed by atoms with Crippen LogP contribution >= 0.6 is 0 Å². The lowest BCUT2D eigenvalue weighted by molar-refractivity contribution is -0.384. The van der Waals surface area contributed by atoms with E-state index in [-0.39, 0.29) is 5.69 Å². The van der Waals surface area contributed by atoms with Gasteiger partial charge in [0.2, 0.25) is 5.82 Å². The molecule has 1 atom stereocenters. The van der Waals surface area contributed by atoms with E-state index in [1.165, 1.54) is 12.1 Å². The summed E-state index contributed by atoms with van der Waals surface area (Å²) >= 11 is 0. The molecule has 0 bridgehead atoms. The second kappa shape index (κ2) is 5.82. The molecule has 0 aromatic carbocycles. The monoisotopic (exact) mass is 293 g/mol. The van der Waals surface area contributed by atoms with Crippen molar-refractivity contribution in [3.05, 3.63) is 22.2 Å². The first-order chi connectivity index (χ1) is 10.1. The van der Waals surface area contributed by atoms with Crippen LogP contribution in [0.4, 0.5) is 17.3 Å². The second-order valence-electron chi connectivity index (χ2n) is 5.37. The molecule has 8 heteroatoms. The molecule has 1 aromatic rings. The summed E-state index contributed by atoms with van der Waals surface area (Å²) in [5, 5.41) is 11.1. The molecule has 8 nitrogen and oxygen atoms in total. The fourth-order valence-corrected chi connectivity index (χ4v) is 3.01. The van der Waals surface area contributed by atoms with Gasteiger partial charge < -0.3 is 15.4 Å². The Labute approximate surface area is 122 Å². The molecule has 0 amide bonds. The minimum atomic E-state index is -0.399. The molecular formula is C13H19N5O3. The van der Waals surface area contributed by atoms with Crippen LogP contribution in [0.2, 0.25) is 0 Å². The Hall–Kier alpha value is -1.93. The number of nitro groups is 1. The van der Waals surface area contributed by atoms with E-state index in [9.17, 15) is 10.1 Å². The Kier molecular flexibility index (Phi) is 3.89. The summed E-state index contributed by atoms with van der Waals surface area (Å²) in [6.07, 6.45) is 0.980. The van der Waals surface area contributed by atoms with Gasteiger partial charge in [-0.15, -0.1) is 0 Å². The number of nitrogens with zero attached hydrogens (tertiary/aromatic N) is 4. The van der Waals surface area contributed by atoms with Crippen LogP contribution in [0.5, 0.6) is 0 Å². The molecule has 1 aromatic heterocycles. The van der Waals surface area contributed by atoms with Crippen molar-refractivity contribution in [3.8, 4) is 0 Å². The van der Waals surface area contributed by atoms with Crippen molar-refractivity contribution in [2.45, 2.75) is 12.5 Å². The van der Waals surface area contributed by atoms with Crippen LogP contribution in [0, 0.1) is 10.1 Å². The fourth-order valence-electron chi connectivity index (χ4n) is 3.01. The average Bonchev–Trinajstić information content (AvgIpc) is 2.97. The molecular weight excluding hydrogens is 274 g/mol. The van der Waals surface area contributed by atoms with Crippen LogP contribution in [0.25, 0.3) is 0 Å². The topological polar surface area (TPSA) is 97.8 Å². The van der Waals surface area contributed by atoms with Crippen molar-refractivity contribution < 1.29 is 9.66 Å². The van der Waals surface area contributed by atoms with Crippen LogP contribution in [0.1, 0.15) is 6.42 Å². The van der Waals surface area contributed by atoms with E-state index in [1.54, 1.807) is 0 Å². The number of aromatic nitrogens is 1. The molecule has 2 fully saturated rings. The number of anilines is 2. The van der Waals surface area contributed by atoms with Crippen molar-refractivity contribution in [2.75, 3.05) is 50.0 Å². The lowest BCUT2D eigenvalue weighted by atomic mass is 10.2. The van der Waals surface area contributed by atoms with Gasteiger partial charge in [0, 0.05) is 38.3 Å². The fraction of sp³-hybridized carbons (Fsp3) is 0.615. The van der Waals surface area contributed by atoms with Gasteiger partial charge in [-0.1, -0.05) is 0 Å². The van der Waals surface area contributed by atoms with Crippen molar-refractivity contribution in [3.63, 3.8) is 0 Å². The molecule has 0 saturated carbocycles. The maximum absolute atomic E-state index is 11.1. The highest BCUT2D eigenvalue weighted by Gasteiger charge is 2.32. The zero-order valence-corrected chi connectivity index (χ0v) is 11.8. The van der Waals surface area contributed by atoms with Crippen molar-refractivity contribution >= 4 is 17.3 Å². The predicted molar refractivity (Wildman–Crippen MR) is 78.3 cm³/mol. The van der Waals surface area contributed by atoms with Gasteiger partial charge in [-0.2, -0.15) is 0 Å². The van der Waals surface area contributed by atoms with E-state index in [0.717, 1.165) is 45.8 Å². The Morgan fingerprint density at radius 3 is 2.81 bits per heavy atom. The molecule has 21 heavy (non-hydrogen) atoms. The molecule has 3 heterocycles. The highest BCUT2D eigenvalue weighted by Crippen LogP contribution is 2.30. The van der Waals surface area contributed by atoms with E-state index in [2.05, 4.69) is 9.88 Å². The first-order valence-corrected chi connectivity index (χ1v) is 7.13. The Morgan fingerprint density at radius 2 is 2.10 bits per heavy atom. The molecule has 2 aliphatic heterocycles. The first-order valence-electron chi connectivity index (χ1n) is 7.13. The van der Waals surface area contributed by atoms with Crippen molar-refractivity contribution in [1.82, 2.24) is 9.88 Å². The van der Waals surface area contributed by atoms with E-state index < -0.39 is 4.92 Å². The third kappa shape index (κ3) is 2.91. The summed E-state index contributed by atoms with van der Waals surface area (Å²) in [7, 11) is 0. The third-order valence-electron chi connectivity index (χ3n) is 4.10. The summed E-state index contributed by atoms with van der Waals surface area (Å²) in [6.45, 7) is 4.87. The summed E-state index contributed by atoms with van der Waals surface area (Å²) in [5.41, 5.74) is 5.71. The number of hydrogen-bond acceptors (Lipinski definition) is 7. The van der Waals surface area contributed by atoms with Gasteiger partial charge in [-0.25, -0.2) is 4.98 Å².